The summed E-state index contributed by atoms with van der Waals surface area (Å²) in [5.74, 6) is 0.307. The van der Waals surface area contributed by atoms with Crippen LogP contribution in [0.25, 0.3) is 22.4 Å². The molecule has 0 bridgehead atoms. The first-order valence-corrected chi connectivity index (χ1v) is 9.31. The maximum absolute atomic E-state index is 13.3. The van der Waals surface area contributed by atoms with Crippen molar-refractivity contribution in [3.8, 4) is 22.4 Å². The zero-order valence-electron chi connectivity index (χ0n) is 13.7. The van der Waals surface area contributed by atoms with Gasteiger partial charge in [-0.1, -0.05) is 0 Å². The number of halogens is 2. The second-order valence-electron chi connectivity index (χ2n) is 6.41. The Morgan fingerprint density at radius 2 is 1.76 bits per heavy atom. The zero-order chi connectivity index (χ0) is 17.2. The molecule has 128 valence electrons. The van der Waals surface area contributed by atoms with Gasteiger partial charge in [0, 0.05) is 23.4 Å². The minimum Gasteiger partial charge on any atom is -0.358 e. The van der Waals surface area contributed by atoms with Gasteiger partial charge in [0.25, 0.3) is 0 Å². The number of piperidine rings is 1. The number of rotatable bonds is 3. The van der Waals surface area contributed by atoms with E-state index < -0.39 is 0 Å². The van der Waals surface area contributed by atoms with Crippen molar-refractivity contribution in [1.29, 1.82) is 0 Å². The number of hydrogen-bond acceptors (Lipinski definition) is 2. The third-order valence-electron chi connectivity index (χ3n) is 4.79. The van der Waals surface area contributed by atoms with Crippen LogP contribution in [0.4, 0.5) is 4.39 Å². The summed E-state index contributed by atoms with van der Waals surface area (Å²) in [4.78, 5) is 7.84. The van der Waals surface area contributed by atoms with Crippen LogP contribution >= 0.6 is 15.9 Å². The molecule has 4 rings (SSSR count). The fourth-order valence-electron chi connectivity index (χ4n) is 3.47. The lowest BCUT2D eigenvalue weighted by Crippen LogP contribution is -2.26. The van der Waals surface area contributed by atoms with Gasteiger partial charge in [-0.25, -0.2) is 9.37 Å². The normalized spacial score (nSPS) is 15.4. The summed E-state index contributed by atoms with van der Waals surface area (Å²) in [5, 5.41) is 3.41. The average Bonchev–Trinajstić information content (AvgIpc) is 3.08. The predicted molar refractivity (Wildman–Crippen MR) is 102 cm³/mol. The van der Waals surface area contributed by atoms with Crippen LogP contribution in [0.15, 0.2) is 53.3 Å². The quantitative estimate of drug-likeness (QED) is 0.600. The zero-order valence-corrected chi connectivity index (χ0v) is 15.3. The Bertz CT molecular complexity index is 867. The van der Waals surface area contributed by atoms with E-state index in [1.165, 1.54) is 17.8 Å². The van der Waals surface area contributed by atoms with Gasteiger partial charge in [0.1, 0.15) is 10.4 Å². The molecule has 2 aromatic heterocycles. The maximum Gasteiger partial charge on any atom is 0.123 e. The second kappa shape index (κ2) is 7.10. The highest BCUT2D eigenvalue weighted by molar-refractivity contribution is 9.10. The average molecular weight is 400 g/mol. The Hall–Kier alpha value is -1.98. The summed E-state index contributed by atoms with van der Waals surface area (Å²) < 4.78 is 14.1. The van der Waals surface area contributed by atoms with Crippen molar-refractivity contribution in [3.05, 3.63) is 64.8 Å². The minimum absolute atomic E-state index is 0.220. The van der Waals surface area contributed by atoms with E-state index in [1.807, 2.05) is 24.3 Å². The summed E-state index contributed by atoms with van der Waals surface area (Å²) in [7, 11) is 0. The van der Waals surface area contributed by atoms with Crippen molar-refractivity contribution in [3.63, 3.8) is 0 Å². The third kappa shape index (κ3) is 3.53. The minimum atomic E-state index is -0.220. The van der Waals surface area contributed by atoms with E-state index in [0.717, 1.165) is 52.9 Å². The molecule has 3 aromatic rings. The number of benzene rings is 1. The number of nitrogens with zero attached hydrogens (tertiary/aromatic N) is 1. The molecular weight excluding hydrogens is 381 g/mol. The van der Waals surface area contributed by atoms with Crippen LogP contribution in [0, 0.1) is 5.82 Å². The second-order valence-corrected chi connectivity index (χ2v) is 7.22. The standard InChI is InChI=1S/C20H19BrFN3/c21-19-11-15(7-10-24-19)17-12-18(13-5-8-23-9-6-13)25-20(17)14-1-3-16(22)4-2-14/h1-4,7,10-13,23,25H,5-6,8-9H2. The Morgan fingerprint density at radius 1 is 1.00 bits per heavy atom. The van der Waals surface area contributed by atoms with Gasteiger partial charge in [-0.3, -0.25) is 0 Å². The van der Waals surface area contributed by atoms with E-state index >= 15 is 0 Å². The Morgan fingerprint density at radius 3 is 2.48 bits per heavy atom. The number of H-pyrrole nitrogens is 1. The van der Waals surface area contributed by atoms with Crippen molar-refractivity contribution in [2.24, 2.45) is 0 Å². The summed E-state index contributed by atoms with van der Waals surface area (Å²) in [6.45, 7) is 2.09. The first-order valence-electron chi connectivity index (χ1n) is 8.52. The molecule has 1 aliphatic heterocycles. The summed E-state index contributed by atoms with van der Waals surface area (Å²) >= 11 is 3.45. The third-order valence-corrected chi connectivity index (χ3v) is 5.22. The van der Waals surface area contributed by atoms with Crippen LogP contribution in [0.3, 0.4) is 0 Å². The van der Waals surface area contributed by atoms with Gasteiger partial charge in [-0.05, 0) is 95.5 Å². The molecule has 1 aromatic carbocycles. The van der Waals surface area contributed by atoms with Gasteiger partial charge in [0.2, 0.25) is 0 Å². The number of nitrogens with one attached hydrogen (secondary N) is 2. The summed E-state index contributed by atoms with van der Waals surface area (Å²) in [6.07, 6.45) is 4.05. The lowest BCUT2D eigenvalue weighted by molar-refractivity contribution is 0.454. The number of aromatic amines is 1. The molecule has 1 saturated heterocycles. The lowest BCUT2D eigenvalue weighted by Gasteiger charge is -2.21. The Labute approximate surface area is 154 Å². The van der Waals surface area contributed by atoms with Gasteiger partial charge in [0.05, 0.1) is 5.69 Å². The Balaban J connectivity index is 1.82. The van der Waals surface area contributed by atoms with E-state index in [2.05, 4.69) is 37.3 Å². The van der Waals surface area contributed by atoms with Crippen molar-refractivity contribution in [1.82, 2.24) is 15.3 Å². The van der Waals surface area contributed by atoms with Crippen LogP contribution < -0.4 is 5.32 Å². The molecule has 0 saturated carbocycles. The highest BCUT2D eigenvalue weighted by Crippen LogP contribution is 2.37. The highest BCUT2D eigenvalue weighted by Gasteiger charge is 2.20. The molecule has 0 amide bonds. The molecule has 1 fully saturated rings. The molecule has 0 spiro atoms. The van der Waals surface area contributed by atoms with Gasteiger partial charge in [-0.2, -0.15) is 0 Å². The van der Waals surface area contributed by atoms with Crippen LogP contribution in [-0.2, 0) is 0 Å². The molecule has 0 radical (unpaired) electrons. The van der Waals surface area contributed by atoms with E-state index in [-0.39, 0.29) is 5.82 Å². The van der Waals surface area contributed by atoms with Gasteiger partial charge in [-0.15, -0.1) is 0 Å². The van der Waals surface area contributed by atoms with Crippen molar-refractivity contribution >= 4 is 15.9 Å². The highest BCUT2D eigenvalue weighted by atomic mass is 79.9. The Kier molecular flexibility index (Phi) is 4.68. The van der Waals surface area contributed by atoms with Crippen LogP contribution in [0.1, 0.15) is 24.5 Å². The summed E-state index contributed by atoms with van der Waals surface area (Å²) in [5.41, 5.74) is 5.50. The topological polar surface area (TPSA) is 40.7 Å². The van der Waals surface area contributed by atoms with Gasteiger partial charge in [0.15, 0.2) is 0 Å². The first-order chi connectivity index (χ1) is 12.2. The van der Waals surface area contributed by atoms with Crippen LogP contribution in [-0.4, -0.2) is 23.1 Å². The maximum atomic E-state index is 13.3. The molecule has 0 unspecified atom stereocenters. The fraction of sp³-hybridized carbons (Fsp3) is 0.250. The van der Waals surface area contributed by atoms with Crippen LogP contribution in [0.5, 0.6) is 0 Å². The van der Waals surface area contributed by atoms with Gasteiger partial charge >= 0.3 is 0 Å². The molecule has 0 atom stereocenters. The monoisotopic (exact) mass is 399 g/mol. The first kappa shape index (κ1) is 16.5. The molecule has 3 nitrogen and oxygen atoms in total. The lowest BCUT2D eigenvalue weighted by atomic mass is 9.94. The molecule has 5 heteroatoms. The van der Waals surface area contributed by atoms with Crippen LogP contribution in [0.2, 0.25) is 0 Å². The molecule has 0 aliphatic carbocycles. The summed E-state index contributed by atoms with van der Waals surface area (Å²) in [6, 6.07) is 12.9. The van der Waals surface area contributed by atoms with E-state index in [4.69, 9.17) is 0 Å². The molecule has 25 heavy (non-hydrogen) atoms. The molecule has 1 aliphatic rings. The number of aromatic nitrogens is 2. The van der Waals surface area contributed by atoms with E-state index in [1.54, 1.807) is 6.20 Å². The fourth-order valence-corrected chi connectivity index (χ4v) is 3.84. The smallest absolute Gasteiger partial charge is 0.123 e. The predicted octanol–water partition coefficient (Wildman–Crippen LogP) is 5.11. The SMILES string of the molecule is Fc1ccc(-c2[nH]c(C3CCNCC3)cc2-c2ccnc(Br)c2)cc1. The van der Waals surface area contributed by atoms with Crippen molar-refractivity contribution < 1.29 is 4.39 Å². The van der Waals surface area contributed by atoms with E-state index in [9.17, 15) is 4.39 Å². The van der Waals surface area contributed by atoms with E-state index in [0.29, 0.717) is 5.92 Å². The number of hydrogen-bond donors (Lipinski definition) is 2. The van der Waals surface area contributed by atoms with Gasteiger partial charge < -0.3 is 10.3 Å². The van der Waals surface area contributed by atoms with Crippen molar-refractivity contribution in [2.45, 2.75) is 18.8 Å². The largest absolute Gasteiger partial charge is 0.358 e. The number of pyridine rings is 1. The van der Waals surface area contributed by atoms with Crippen molar-refractivity contribution in [2.75, 3.05) is 13.1 Å². The molecule has 3 heterocycles. The molecular formula is C20H19BrFN3. The molecule has 2 N–H and O–H groups in total.